The highest BCUT2D eigenvalue weighted by molar-refractivity contribution is 6.01. The number of carbonyl (C=O) groups excluding carboxylic acids is 2. The Morgan fingerprint density at radius 2 is 1.65 bits per heavy atom. The van der Waals surface area contributed by atoms with E-state index in [0.717, 1.165) is 11.1 Å². The summed E-state index contributed by atoms with van der Waals surface area (Å²) in [5, 5.41) is 21.1. The highest BCUT2D eigenvalue weighted by Gasteiger charge is 2.13. The van der Waals surface area contributed by atoms with Gasteiger partial charge in [-0.05, 0) is 68.3 Å². The second-order valence-electron chi connectivity index (χ2n) is 9.48. The minimum absolute atomic E-state index is 0.0203. The fourth-order valence-corrected chi connectivity index (χ4v) is 3.90. The summed E-state index contributed by atoms with van der Waals surface area (Å²) in [5.41, 5.74) is 3.68. The molecule has 0 aliphatic carbocycles. The van der Waals surface area contributed by atoms with E-state index in [9.17, 15) is 19.5 Å². The maximum absolute atomic E-state index is 12.5. The van der Waals surface area contributed by atoms with E-state index in [2.05, 4.69) is 21.3 Å². The summed E-state index contributed by atoms with van der Waals surface area (Å²) in [4.78, 5) is 36.3. The number of anilines is 3. The van der Waals surface area contributed by atoms with Crippen molar-refractivity contribution in [3.8, 4) is 11.5 Å². The Hall–Kier alpha value is -4.57. The van der Waals surface area contributed by atoms with Gasteiger partial charge in [0, 0.05) is 24.7 Å². The number of urea groups is 1. The third kappa shape index (κ3) is 9.02. The molecule has 0 fully saturated rings. The molecule has 0 aromatic heterocycles. The lowest BCUT2D eigenvalue weighted by Gasteiger charge is -2.16. The monoisotopic (exact) mass is 548 g/mol. The van der Waals surface area contributed by atoms with Crippen LogP contribution in [-0.4, -0.2) is 55.7 Å². The molecule has 0 heterocycles. The van der Waals surface area contributed by atoms with Crippen molar-refractivity contribution >= 4 is 34.8 Å². The summed E-state index contributed by atoms with van der Waals surface area (Å²) < 4.78 is 11.2. The fraction of sp³-hybridized carbons (Fsp3) is 0.300. The van der Waals surface area contributed by atoms with Crippen molar-refractivity contribution in [1.82, 2.24) is 5.32 Å². The molecule has 3 aromatic carbocycles. The lowest BCUT2D eigenvalue weighted by Crippen LogP contribution is -2.28. The molecule has 40 heavy (non-hydrogen) atoms. The summed E-state index contributed by atoms with van der Waals surface area (Å²) in [6.45, 7) is 6.69. The number of methoxy groups -OCH3 is 1. The van der Waals surface area contributed by atoms with E-state index in [0.29, 0.717) is 41.7 Å². The number of hydrogen-bond acceptors (Lipinski definition) is 7. The first-order chi connectivity index (χ1) is 19.2. The molecule has 0 aliphatic rings. The molecular formula is C30H36N4O6. The van der Waals surface area contributed by atoms with Gasteiger partial charge in [-0.3, -0.25) is 4.79 Å². The third-order valence-corrected chi connectivity index (χ3v) is 5.84. The number of para-hydroxylation sites is 1. The topological polar surface area (TPSA) is 138 Å². The number of ketones is 1. The SMILES string of the molecule is COc1cc(CC(=O)CNCCOc2ccc(C(=O)O)cc2NC(C)C)ccc1NC(=O)Nc1ccccc1C. The molecule has 0 saturated carbocycles. The molecule has 3 rings (SSSR count). The molecule has 0 aliphatic heterocycles. The van der Waals surface area contributed by atoms with Crippen LogP contribution in [0.3, 0.4) is 0 Å². The highest BCUT2D eigenvalue weighted by Crippen LogP contribution is 2.27. The molecule has 0 saturated heterocycles. The molecule has 0 spiro atoms. The average Bonchev–Trinajstić information content (AvgIpc) is 2.91. The molecule has 212 valence electrons. The van der Waals surface area contributed by atoms with Gasteiger partial charge in [-0.2, -0.15) is 0 Å². The van der Waals surface area contributed by atoms with Crippen LogP contribution in [-0.2, 0) is 11.2 Å². The number of hydrogen-bond donors (Lipinski definition) is 5. The predicted octanol–water partition coefficient (Wildman–Crippen LogP) is 4.95. The van der Waals surface area contributed by atoms with Gasteiger partial charge >= 0.3 is 12.0 Å². The van der Waals surface area contributed by atoms with Crippen LogP contribution in [0, 0.1) is 6.92 Å². The number of aromatic carboxylic acids is 1. The third-order valence-electron chi connectivity index (χ3n) is 5.84. The first-order valence-corrected chi connectivity index (χ1v) is 13.0. The number of carbonyl (C=O) groups is 3. The number of carboxylic acids is 1. The number of ether oxygens (including phenoxy) is 2. The Kier molecular flexibility index (Phi) is 10.9. The van der Waals surface area contributed by atoms with Gasteiger partial charge in [0.2, 0.25) is 0 Å². The van der Waals surface area contributed by atoms with Gasteiger partial charge < -0.3 is 35.8 Å². The van der Waals surface area contributed by atoms with Gasteiger partial charge in [0.15, 0.2) is 5.78 Å². The van der Waals surface area contributed by atoms with Crippen LogP contribution in [0.1, 0.15) is 35.3 Å². The second-order valence-corrected chi connectivity index (χ2v) is 9.48. The van der Waals surface area contributed by atoms with Crippen LogP contribution >= 0.6 is 0 Å². The van der Waals surface area contributed by atoms with Gasteiger partial charge in [0.05, 0.1) is 30.6 Å². The first-order valence-electron chi connectivity index (χ1n) is 13.0. The predicted molar refractivity (Wildman–Crippen MR) is 156 cm³/mol. The number of carboxylic acid groups (broad SMARTS) is 1. The van der Waals surface area contributed by atoms with E-state index in [1.165, 1.54) is 13.2 Å². The standard InChI is InChI=1S/C30H36N4O6/c1-19(2)32-26-17-22(29(36)37)10-12-27(26)40-14-13-31-18-23(35)15-21-9-11-25(28(16-21)39-4)34-30(38)33-24-8-6-5-7-20(24)3/h5-12,16-17,19,31-32H,13-15,18H2,1-4H3,(H,36,37)(H2,33,34,38). The highest BCUT2D eigenvalue weighted by atomic mass is 16.5. The lowest BCUT2D eigenvalue weighted by atomic mass is 10.1. The van der Waals surface area contributed by atoms with Crippen molar-refractivity contribution in [3.05, 3.63) is 77.4 Å². The van der Waals surface area contributed by atoms with Crippen LogP contribution < -0.4 is 30.7 Å². The zero-order valence-corrected chi connectivity index (χ0v) is 23.2. The van der Waals surface area contributed by atoms with Crippen molar-refractivity contribution in [2.24, 2.45) is 0 Å². The molecule has 0 bridgehead atoms. The number of amides is 2. The molecule has 2 amide bonds. The maximum Gasteiger partial charge on any atom is 0.335 e. The Balaban J connectivity index is 1.47. The molecule has 0 atom stereocenters. The summed E-state index contributed by atoms with van der Waals surface area (Å²) in [6.07, 6.45) is 0.193. The van der Waals surface area contributed by atoms with Crippen LogP contribution in [0.15, 0.2) is 60.7 Å². The van der Waals surface area contributed by atoms with Crippen LogP contribution in [0.25, 0.3) is 0 Å². The van der Waals surface area contributed by atoms with E-state index in [1.54, 1.807) is 30.3 Å². The van der Waals surface area contributed by atoms with E-state index in [-0.39, 0.29) is 30.4 Å². The summed E-state index contributed by atoms with van der Waals surface area (Å²) >= 11 is 0. The molecule has 0 radical (unpaired) electrons. The second kappa shape index (κ2) is 14.5. The molecular weight excluding hydrogens is 512 g/mol. The smallest absolute Gasteiger partial charge is 0.335 e. The molecule has 5 N–H and O–H groups in total. The Morgan fingerprint density at radius 1 is 0.900 bits per heavy atom. The van der Waals surface area contributed by atoms with Crippen LogP contribution in [0.5, 0.6) is 11.5 Å². The number of benzene rings is 3. The normalized spacial score (nSPS) is 10.6. The Morgan fingerprint density at radius 3 is 2.35 bits per heavy atom. The van der Waals surface area contributed by atoms with Crippen molar-refractivity contribution < 1.29 is 29.0 Å². The zero-order valence-electron chi connectivity index (χ0n) is 23.2. The number of aryl methyl sites for hydroxylation is 1. The van der Waals surface area contributed by atoms with E-state index in [1.807, 2.05) is 45.0 Å². The van der Waals surface area contributed by atoms with Crippen molar-refractivity contribution in [2.75, 3.05) is 42.8 Å². The van der Waals surface area contributed by atoms with Crippen LogP contribution in [0.4, 0.5) is 21.9 Å². The van der Waals surface area contributed by atoms with E-state index >= 15 is 0 Å². The van der Waals surface area contributed by atoms with Crippen molar-refractivity contribution in [1.29, 1.82) is 0 Å². The van der Waals surface area contributed by atoms with Gasteiger partial charge in [-0.15, -0.1) is 0 Å². The van der Waals surface area contributed by atoms with Gasteiger partial charge in [0.25, 0.3) is 0 Å². The largest absolute Gasteiger partial charge is 0.495 e. The fourth-order valence-electron chi connectivity index (χ4n) is 3.90. The van der Waals surface area contributed by atoms with Crippen molar-refractivity contribution in [3.63, 3.8) is 0 Å². The van der Waals surface area contributed by atoms with Gasteiger partial charge in [-0.25, -0.2) is 9.59 Å². The van der Waals surface area contributed by atoms with Gasteiger partial charge in [0.1, 0.15) is 18.1 Å². The molecule has 3 aromatic rings. The molecule has 10 nitrogen and oxygen atoms in total. The minimum Gasteiger partial charge on any atom is -0.495 e. The lowest BCUT2D eigenvalue weighted by molar-refractivity contribution is -0.117. The molecule has 10 heteroatoms. The van der Waals surface area contributed by atoms with Crippen molar-refractivity contribution in [2.45, 2.75) is 33.2 Å². The number of rotatable bonds is 14. The number of Topliss-reactive ketones (excluding diaryl/α,β-unsaturated/α-hetero) is 1. The zero-order chi connectivity index (χ0) is 29.1. The van der Waals surface area contributed by atoms with Gasteiger partial charge in [-0.1, -0.05) is 24.3 Å². The Bertz CT molecular complexity index is 1340. The van der Waals surface area contributed by atoms with E-state index < -0.39 is 12.0 Å². The molecule has 0 unspecified atom stereocenters. The summed E-state index contributed by atoms with van der Waals surface area (Å²) in [6, 6.07) is 17.0. The quantitative estimate of drug-likeness (QED) is 0.179. The summed E-state index contributed by atoms with van der Waals surface area (Å²) in [5.74, 6) is -0.0368. The maximum atomic E-state index is 12.5. The number of nitrogens with one attached hydrogen (secondary N) is 4. The average molecular weight is 549 g/mol. The first kappa shape index (κ1) is 30.0. The van der Waals surface area contributed by atoms with Crippen LogP contribution in [0.2, 0.25) is 0 Å². The van der Waals surface area contributed by atoms with E-state index in [4.69, 9.17) is 9.47 Å². The summed E-state index contributed by atoms with van der Waals surface area (Å²) in [7, 11) is 1.50. The minimum atomic E-state index is -1.01. The Labute approximate surface area is 234 Å².